The van der Waals surface area contributed by atoms with Gasteiger partial charge in [-0.2, -0.15) is 5.10 Å². The first kappa shape index (κ1) is 13.1. The van der Waals surface area contributed by atoms with Gasteiger partial charge in [0.15, 0.2) is 0 Å². The van der Waals surface area contributed by atoms with E-state index in [1.54, 1.807) is 37.1 Å². The first-order valence-corrected chi connectivity index (χ1v) is 6.56. The van der Waals surface area contributed by atoms with Crippen LogP contribution in [0.25, 0.3) is 10.8 Å². The third kappa shape index (κ3) is 2.43. The van der Waals surface area contributed by atoms with Gasteiger partial charge in [0.1, 0.15) is 17.3 Å². The van der Waals surface area contributed by atoms with E-state index in [0.717, 1.165) is 10.8 Å². The fraction of sp³-hybridized carbons (Fsp3) is 0.133. The van der Waals surface area contributed by atoms with Gasteiger partial charge in [0, 0.05) is 25.5 Å². The average molecular weight is 281 g/mol. The van der Waals surface area contributed by atoms with Crippen LogP contribution in [0.2, 0.25) is 0 Å². The van der Waals surface area contributed by atoms with E-state index in [0.29, 0.717) is 17.3 Å². The number of nitrogens with one attached hydrogen (secondary N) is 2. The molecule has 0 saturated heterocycles. The molecular weight excluding hydrogens is 266 g/mol. The Bertz CT molecular complexity index is 809. The van der Waals surface area contributed by atoms with E-state index >= 15 is 0 Å². The molecule has 0 aliphatic heterocycles. The molecule has 0 unspecified atom stereocenters. The number of rotatable bonds is 3. The SMILES string of the molecule is CNc1nc(C(=O)Nc2ccnn2C)cc2ccccc12. The summed E-state index contributed by atoms with van der Waals surface area (Å²) < 4.78 is 1.60. The normalized spacial score (nSPS) is 10.6. The highest BCUT2D eigenvalue weighted by molar-refractivity contribution is 6.06. The highest BCUT2D eigenvalue weighted by Gasteiger charge is 2.13. The predicted molar refractivity (Wildman–Crippen MR) is 82.5 cm³/mol. The van der Waals surface area contributed by atoms with Gasteiger partial charge in [-0.15, -0.1) is 0 Å². The smallest absolute Gasteiger partial charge is 0.275 e. The summed E-state index contributed by atoms with van der Waals surface area (Å²) >= 11 is 0. The predicted octanol–water partition coefficient (Wildman–Crippen LogP) is 2.26. The lowest BCUT2D eigenvalue weighted by Gasteiger charge is -2.09. The van der Waals surface area contributed by atoms with E-state index < -0.39 is 0 Å². The highest BCUT2D eigenvalue weighted by Crippen LogP contribution is 2.22. The molecule has 21 heavy (non-hydrogen) atoms. The minimum Gasteiger partial charge on any atom is -0.373 e. The van der Waals surface area contributed by atoms with Gasteiger partial charge >= 0.3 is 0 Å². The van der Waals surface area contributed by atoms with Crippen molar-refractivity contribution in [1.82, 2.24) is 14.8 Å². The molecule has 0 aliphatic carbocycles. The average Bonchev–Trinajstić information content (AvgIpc) is 2.91. The molecule has 0 saturated carbocycles. The second kappa shape index (κ2) is 5.24. The molecule has 0 radical (unpaired) electrons. The lowest BCUT2D eigenvalue weighted by atomic mass is 10.1. The van der Waals surface area contributed by atoms with E-state index in [9.17, 15) is 4.79 Å². The maximum absolute atomic E-state index is 12.3. The summed E-state index contributed by atoms with van der Waals surface area (Å²) in [5.41, 5.74) is 0.360. The summed E-state index contributed by atoms with van der Waals surface area (Å²) in [6.07, 6.45) is 1.63. The van der Waals surface area contributed by atoms with E-state index in [-0.39, 0.29) is 5.91 Å². The molecule has 106 valence electrons. The van der Waals surface area contributed by atoms with Crippen molar-refractivity contribution in [3.05, 3.63) is 48.3 Å². The summed E-state index contributed by atoms with van der Waals surface area (Å²) in [5, 5.41) is 11.8. The Morgan fingerprint density at radius 3 is 2.76 bits per heavy atom. The van der Waals surface area contributed by atoms with E-state index in [4.69, 9.17) is 0 Å². The zero-order chi connectivity index (χ0) is 14.8. The number of amides is 1. The van der Waals surface area contributed by atoms with Crippen LogP contribution in [-0.2, 0) is 7.05 Å². The fourth-order valence-electron chi connectivity index (χ4n) is 2.18. The van der Waals surface area contributed by atoms with Gasteiger partial charge in [0.2, 0.25) is 0 Å². The highest BCUT2D eigenvalue weighted by atomic mass is 16.2. The molecule has 6 heteroatoms. The Kier molecular flexibility index (Phi) is 3.27. The minimum atomic E-state index is -0.263. The Labute approximate surface area is 121 Å². The van der Waals surface area contributed by atoms with Gasteiger partial charge in [0.25, 0.3) is 5.91 Å². The fourth-order valence-corrected chi connectivity index (χ4v) is 2.18. The summed E-state index contributed by atoms with van der Waals surface area (Å²) in [6.45, 7) is 0. The van der Waals surface area contributed by atoms with Crippen molar-refractivity contribution in [1.29, 1.82) is 0 Å². The second-order valence-electron chi connectivity index (χ2n) is 4.62. The van der Waals surface area contributed by atoms with Crippen LogP contribution in [-0.4, -0.2) is 27.7 Å². The van der Waals surface area contributed by atoms with Gasteiger partial charge in [0.05, 0.1) is 6.20 Å². The van der Waals surface area contributed by atoms with Crippen LogP contribution in [0.4, 0.5) is 11.6 Å². The first-order valence-electron chi connectivity index (χ1n) is 6.56. The summed E-state index contributed by atoms with van der Waals surface area (Å²) in [7, 11) is 3.56. The number of hydrogen-bond donors (Lipinski definition) is 2. The van der Waals surface area contributed by atoms with Crippen molar-refractivity contribution in [3.8, 4) is 0 Å². The van der Waals surface area contributed by atoms with Gasteiger partial charge in [-0.25, -0.2) is 4.98 Å². The van der Waals surface area contributed by atoms with Gasteiger partial charge in [-0.05, 0) is 11.5 Å². The number of aryl methyl sites for hydroxylation is 1. The van der Waals surface area contributed by atoms with E-state index in [1.165, 1.54) is 0 Å². The molecule has 2 aromatic heterocycles. The summed E-state index contributed by atoms with van der Waals surface area (Å²) in [4.78, 5) is 16.7. The number of aromatic nitrogens is 3. The Balaban J connectivity index is 2.00. The summed E-state index contributed by atoms with van der Waals surface area (Å²) in [6, 6.07) is 11.3. The largest absolute Gasteiger partial charge is 0.373 e. The van der Waals surface area contributed by atoms with Crippen molar-refractivity contribution in [2.24, 2.45) is 7.05 Å². The van der Waals surface area contributed by atoms with Crippen molar-refractivity contribution >= 4 is 28.3 Å². The van der Waals surface area contributed by atoms with Crippen LogP contribution in [0.3, 0.4) is 0 Å². The second-order valence-corrected chi connectivity index (χ2v) is 4.62. The number of hydrogen-bond acceptors (Lipinski definition) is 4. The molecule has 0 aliphatic rings. The standard InChI is InChI=1S/C15H15N5O/c1-16-14-11-6-4-3-5-10(11)9-12(18-14)15(21)19-13-7-8-17-20(13)2/h3-9H,1-2H3,(H,16,18)(H,19,21). The number of fused-ring (bicyclic) bond motifs is 1. The van der Waals surface area contributed by atoms with Crippen LogP contribution in [0.5, 0.6) is 0 Å². The van der Waals surface area contributed by atoms with Gasteiger partial charge in [-0.1, -0.05) is 24.3 Å². The number of carbonyl (C=O) groups is 1. The van der Waals surface area contributed by atoms with Crippen LogP contribution in [0.1, 0.15) is 10.5 Å². The molecule has 2 N–H and O–H groups in total. The molecule has 0 bridgehead atoms. The molecule has 2 heterocycles. The Hall–Kier alpha value is -2.89. The molecule has 1 aromatic carbocycles. The lowest BCUT2D eigenvalue weighted by Crippen LogP contribution is -2.16. The third-order valence-electron chi connectivity index (χ3n) is 3.27. The molecule has 6 nitrogen and oxygen atoms in total. The Morgan fingerprint density at radius 2 is 2.05 bits per heavy atom. The quantitative estimate of drug-likeness (QED) is 0.772. The maximum Gasteiger partial charge on any atom is 0.275 e. The van der Waals surface area contributed by atoms with Gasteiger partial charge in [-0.3, -0.25) is 9.48 Å². The van der Waals surface area contributed by atoms with Crippen molar-refractivity contribution in [2.75, 3.05) is 17.7 Å². The molecule has 3 aromatic rings. The van der Waals surface area contributed by atoms with Crippen LogP contribution < -0.4 is 10.6 Å². The number of nitrogens with zero attached hydrogens (tertiary/aromatic N) is 3. The van der Waals surface area contributed by atoms with E-state index in [2.05, 4.69) is 20.7 Å². The Morgan fingerprint density at radius 1 is 1.24 bits per heavy atom. The number of carbonyl (C=O) groups excluding carboxylic acids is 1. The third-order valence-corrected chi connectivity index (χ3v) is 3.27. The van der Waals surface area contributed by atoms with Crippen molar-refractivity contribution < 1.29 is 4.79 Å². The minimum absolute atomic E-state index is 0.263. The van der Waals surface area contributed by atoms with Crippen molar-refractivity contribution in [3.63, 3.8) is 0 Å². The molecule has 1 amide bonds. The topological polar surface area (TPSA) is 71.8 Å². The first-order chi connectivity index (χ1) is 10.2. The summed E-state index contributed by atoms with van der Waals surface area (Å²) in [5.74, 6) is 1.05. The number of pyridine rings is 1. The molecule has 0 spiro atoms. The number of anilines is 2. The van der Waals surface area contributed by atoms with Gasteiger partial charge < -0.3 is 10.6 Å². The van der Waals surface area contributed by atoms with Crippen LogP contribution in [0, 0.1) is 0 Å². The lowest BCUT2D eigenvalue weighted by molar-refractivity contribution is 0.102. The molecule has 3 rings (SSSR count). The maximum atomic E-state index is 12.3. The van der Waals surface area contributed by atoms with E-state index in [1.807, 2.05) is 24.3 Å². The molecular formula is C15H15N5O. The monoisotopic (exact) mass is 281 g/mol. The van der Waals surface area contributed by atoms with Crippen LogP contribution in [0.15, 0.2) is 42.6 Å². The molecule has 0 fully saturated rings. The van der Waals surface area contributed by atoms with Crippen LogP contribution >= 0.6 is 0 Å². The zero-order valence-electron chi connectivity index (χ0n) is 11.8. The van der Waals surface area contributed by atoms with Crippen molar-refractivity contribution in [2.45, 2.75) is 0 Å². The number of benzene rings is 1. The molecule has 0 atom stereocenters. The zero-order valence-corrected chi connectivity index (χ0v) is 11.8.